The smallest absolute Gasteiger partial charge is 0.168 e. The van der Waals surface area contributed by atoms with Crippen LogP contribution in [-0.4, -0.2) is 5.78 Å². The maximum Gasteiger partial charge on any atom is 0.168 e. The highest BCUT2D eigenvalue weighted by Gasteiger charge is 2.08. The summed E-state index contributed by atoms with van der Waals surface area (Å²) in [6.07, 6.45) is 0.303. The molecular formula is C18H19NO. The number of carbonyl (C=O) groups is 1. The maximum absolute atomic E-state index is 12.1. The fourth-order valence-electron chi connectivity index (χ4n) is 2.11. The Hall–Kier alpha value is -2.35. The van der Waals surface area contributed by atoms with Crippen LogP contribution >= 0.6 is 0 Å². The summed E-state index contributed by atoms with van der Waals surface area (Å²) in [5.74, 6) is 0.0767. The summed E-state index contributed by atoms with van der Waals surface area (Å²) in [7, 11) is 0. The molecule has 0 aliphatic rings. The molecule has 0 aliphatic heterocycles. The van der Waals surface area contributed by atoms with Crippen molar-refractivity contribution in [2.24, 2.45) is 0 Å². The molecule has 0 saturated heterocycles. The predicted molar refractivity (Wildman–Crippen MR) is 84.1 cm³/mol. The minimum absolute atomic E-state index is 0.0767. The van der Waals surface area contributed by atoms with Crippen molar-refractivity contribution >= 4 is 11.5 Å². The number of hydrogen-bond acceptors (Lipinski definition) is 2. The van der Waals surface area contributed by atoms with E-state index in [2.05, 4.69) is 24.9 Å². The molecule has 0 amide bonds. The van der Waals surface area contributed by atoms with Crippen molar-refractivity contribution in [1.82, 2.24) is 0 Å². The molecular weight excluding hydrogens is 246 g/mol. The lowest BCUT2D eigenvalue weighted by atomic mass is 10.1. The second-order valence-electron chi connectivity index (χ2n) is 5.01. The van der Waals surface area contributed by atoms with E-state index in [0.717, 1.165) is 16.8 Å². The summed E-state index contributed by atoms with van der Waals surface area (Å²) in [6.45, 7) is 8.05. The molecule has 20 heavy (non-hydrogen) atoms. The molecule has 0 unspecified atom stereocenters. The Kier molecular flexibility index (Phi) is 4.36. The molecule has 0 atom stereocenters. The Morgan fingerprint density at radius 3 is 2.45 bits per heavy atom. The fraction of sp³-hybridized carbons (Fsp3) is 0.167. The van der Waals surface area contributed by atoms with E-state index in [4.69, 9.17) is 0 Å². The Labute approximate surface area is 120 Å². The summed E-state index contributed by atoms with van der Waals surface area (Å²) >= 11 is 0. The normalized spacial score (nSPS) is 10.1. The standard InChI is InChI=1S/C18H19NO/c1-13-9-10-17(14(2)11-13)19-15(3)12-18(20)16-7-5-4-6-8-16/h4-11,19H,3,12H2,1-2H3. The Balaban J connectivity index is 2.01. The number of benzene rings is 2. The number of ketones is 1. The van der Waals surface area contributed by atoms with Crippen LogP contribution in [0.3, 0.4) is 0 Å². The Morgan fingerprint density at radius 1 is 1.10 bits per heavy atom. The summed E-state index contributed by atoms with van der Waals surface area (Å²) in [5, 5.41) is 3.22. The lowest BCUT2D eigenvalue weighted by Crippen LogP contribution is -2.07. The maximum atomic E-state index is 12.1. The highest BCUT2D eigenvalue weighted by molar-refractivity contribution is 5.97. The van der Waals surface area contributed by atoms with Gasteiger partial charge in [0.25, 0.3) is 0 Å². The van der Waals surface area contributed by atoms with Crippen LogP contribution in [0.1, 0.15) is 27.9 Å². The second-order valence-corrected chi connectivity index (χ2v) is 5.01. The molecule has 2 aromatic rings. The zero-order valence-electron chi connectivity index (χ0n) is 11.9. The number of carbonyl (C=O) groups excluding carboxylic acids is 1. The molecule has 0 aromatic heterocycles. The predicted octanol–water partition coefficient (Wildman–Crippen LogP) is 4.50. The monoisotopic (exact) mass is 265 g/mol. The van der Waals surface area contributed by atoms with Crippen LogP contribution in [0.15, 0.2) is 60.8 Å². The van der Waals surface area contributed by atoms with Crippen LogP contribution in [-0.2, 0) is 0 Å². The largest absolute Gasteiger partial charge is 0.359 e. The van der Waals surface area contributed by atoms with Gasteiger partial charge in [0, 0.05) is 16.9 Å². The van der Waals surface area contributed by atoms with Crippen molar-refractivity contribution in [3.8, 4) is 0 Å². The highest BCUT2D eigenvalue weighted by Crippen LogP contribution is 2.19. The number of nitrogens with one attached hydrogen (secondary N) is 1. The zero-order chi connectivity index (χ0) is 14.5. The van der Waals surface area contributed by atoms with Crippen molar-refractivity contribution in [3.05, 3.63) is 77.5 Å². The van der Waals surface area contributed by atoms with Gasteiger partial charge in [-0.05, 0) is 25.5 Å². The summed E-state index contributed by atoms with van der Waals surface area (Å²) in [4.78, 5) is 12.1. The van der Waals surface area contributed by atoms with Crippen molar-refractivity contribution in [2.45, 2.75) is 20.3 Å². The van der Waals surface area contributed by atoms with E-state index in [1.807, 2.05) is 49.4 Å². The van der Waals surface area contributed by atoms with Crippen LogP contribution in [0.2, 0.25) is 0 Å². The molecule has 0 spiro atoms. The van der Waals surface area contributed by atoms with Gasteiger partial charge in [0.2, 0.25) is 0 Å². The number of Topliss-reactive ketones (excluding diaryl/α,β-unsaturated/α-hetero) is 1. The topological polar surface area (TPSA) is 29.1 Å². The molecule has 0 saturated carbocycles. The molecule has 2 heteroatoms. The third-order valence-corrected chi connectivity index (χ3v) is 3.16. The van der Waals surface area contributed by atoms with Gasteiger partial charge >= 0.3 is 0 Å². The molecule has 0 heterocycles. The van der Waals surface area contributed by atoms with Crippen molar-refractivity contribution in [2.75, 3.05) is 5.32 Å². The zero-order valence-corrected chi connectivity index (χ0v) is 11.9. The minimum atomic E-state index is 0.0767. The number of allylic oxidation sites excluding steroid dienone is 1. The first-order valence-electron chi connectivity index (χ1n) is 6.66. The molecule has 102 valence electrons. The van der Waals surface area contributed by atoms with Gasteiger partial charge < -0.3 is 5.32 Å². The van der Waals surface area contributed by atoms with Gasteiger partial charge in [-0.3, -0.25) is 4.79 Å². The van der Waals surface area contributed by atoms with Crippen LogP contribution in [0, 0.1) is 13.8 Å². The van der Waals surface area contributed by atoms with Crippen molar-refractivity contribution < 1.29 is 4.79 Å². The summed E-state index contributed by atoms with van der Waals surface area (Å²) < 4.78 is 0. The second kappa shape index (κ2) is 6.20. The van der Waals surface area contributed by atoms with E-state index < -0.39 is 0 Å². The van der Waals surface area contributed by atoms with E-state index >= 15 is 0 Å². The van der Waals surface area contributed by atoms with Crippen molar-refractivity contribution in [3.63, 3.8) is 0 Å². The average molecular weight is 265 g/mol. The number of aryl methyl sites for hydroxylation is 2. The highest BCUT2D eigenvalue weighted by atomic mass is 16.1. The van der Waals surface area contributed by atoms with Gasteiger partial charge in [0.05, 0.1) is 6.42 Å². The Morgan fingerprint density at radius 2 is 1.80 bits per heavy atom. The first-order chi connectivity index (χ1) is 9.56. The molecule has 0 fully saturated rings. The molecule has 0 bridgehead atoms. The van der Waals surface area contributed by atoms with Gasteiger partial charge in [-0.2, -0.15) is 0 Å². The van der Waals surface area contributed by atoms with Gasteiger partial charge in [0.1, 0.15) is 0 Å². The van der Waals surface area contributed by atoms with E-state index in [1.165, 1.54) is 5.56 Å². The fourth-order valence-corrected chi connectivity index (χ4v) is 2.11. The van der Waals surface area contributed by atoms with Gasteiger partial charge in [0.15, 0.2) is 5.78 Å². The first kappa shape index (κ1) is 14.1. The average Bonchev–Trinajstić information content (AvgIpc) is 2.43. The molecule has 0 radical (unpaired) electrons. The quantitative estimate of drug-likeness (QED) is 0.806. The third-order valence-electron chi connectivity index (χ3n) is 3.16. The number of hydrogen-bond donors (Lipinski definition) is 1. The molecule has 0 aliphatic carbocycles. The van der Waals surface area contributed by atoms with E-state index in [1.54, 1.807) is 0 Å². The van der Waals surface area contributed by atoms with E-state index in [-0.39, 0.29) is 5.78 Å². The Bertz CT molecular complexity index is 629. The number of rotatable bonds is 5. The van der Waals surface area contributed by atoms with Crippen molar-refractivity contribution in [1.29, 1.82) is 0 Å². The van der Waals surface area contributed by atoms with Crippen LogP contribution in [0.4, 0.5) is 5.69 Å². The SMILES string of the molecule is C=C(CC(=O)c1ccccc1)Nc1ccc(C)cc1C. The molecule has 2 rings (SSSR count). The summed E-state index contributed by atoms with van der Waals surface area (Å²) in [6, 6.07) is 15.5. The van der Waals surface area contributed by atoms with Gasteiger partial charge in [-0.15, -0.1) is 0 Å². The van der Waals surface area contributed by atoms with Crippen LogP contribution in [0.25, 0.3) is 0 Å². The van der Waals surface area contributed by atoms with Gasteiger partial charge in [-0.1, -0.05) is 54.6 Å². The van der Waals surface area contributed by atoms with Crippen LogP contribution < -0.4 is 5.32 Å². The molecule has 1 N–H and O–H groups in total. The third kappa shape index (κ3) is 3.58. The minimum Gasteiger partial charge on any atom is -0.359 e. The van der Waals surface area contributed by atoms with E-state index in [9.17, 15) is 4.79 Å². The molecule has 2 aromatic carbocycles. The lowest BCUT2D eigenvalue weighted by molar-refractivity contribution is 0.0993. The molecule has 2 nitrogen and oxygen atoms in total. The van der Waals surface area contributed by atoms with Gasteiger partial charge in [-0.25, -0.2) is 0 Å². The lowest BCUT2D eigenvalue weighted by Gasteiger charge is -2.12. The first-order valence-corrected chi connectivity index (χ1v) is 6.66. The van der Waals surface area contributed by atoms with Crippen LogP contribution in [0.5, 0.6) is 0 Å². The summed E-state index contributed by atoms with van der Waals surface area (Å²) in [5.41, 5.74) is 4.81. The number of anilines is 1. The van der Waals surface area contributed by atoms with E-state index in [0.29, 0.717) is 12.1 Å².